The van der Waals surface area contributed by atoms with E-state index in [1.165, 1.54) is 0 Å². The number of hydrogen-bond acceptors (Lipinski definition) is 1. The molecule has 4 heteroatoms. The Bertz CT molecular complexity index is 533. The largest absolute Gasteiger partial charge is 0.481 e. The highest BCUT2D eigenvalue weighted by molar-refractivity contribution is 6.31. The summed E-state index contributed by atoms with van der Waals surface area (Å²) < 4.78 is 0. The SMILES string of the molecule is CCC(C(=O)O)c1c[nH]c2cc(Cl)ccc12. The highest BCUT2D eigenvalue weighted by Gasteiger charge is 2.20. The zero-order valence-electron chi connectivity index (χ0n) is 8.83. The predicted octanol–water partition coefficient (Wildman–Crippen LogP) is 3.40. The van der Waals surface area contributed by atoms with Crippen molar-refractivity contribution in [2.45, 2.75) is 19.3 Å². The summed E-state index contributed by atoms with van der Waals surface area (Å²) in [5, 5.41) is 10.7. The first kappa shape index (κ1) is 11.0. The molecule has 0 aliphatic heterocycles. The minimum atomic E-state index is -0.793. The third-order valence-electron chi connectivity index (χ3n) is 2.76. The second-order valence-electron chi connectivity index (χ2n) is 3.73. The van der Waals surface area contributed by atoms with Crippen molar-refractivity contribution in [2.24, 2.45) is 0 Å². The maximum atomic E-state index is 11.1. The number of carboxylic acid groups (broad SMARTS) is 1. The average Bonchev–Trinajstić information content (AvgIpc) is 2.62. The topological polar surface area (TPSA) is 53.1 Å². The maximum Gasteiger partial charge on any atom is 0.311 e. The lowest BCUT2D eigenvalue weighted by molar-refractivity contribution is -0.138. The number of halogens is 1. The first-order valence-electron chi connectivity index (χ1n) is 5.12. The summed E-state index contributed by atoms with van der Waals surface area (Å²) in [6.45, 7) is 1.87. The molecule has 0 radical (unpaired) electrons. The fourth-order valence-electron chi connectivity index (χ4n) is 1.94. The van der Waals surface area contributed by atoms with Crippen LogP contribution >= 0.6 is 11.6 Å². The van der Waals surface area contributed by atoms with Crippen molar-refractivity contribution in [3.63, 3.8) is 0 Å². The number of carbonyl (C=O) groups is 1. The number of aromatic nitrogens is 1. The van der Waals surface area contributed by atoms with Crippen LogP contribution in [0.25, 0.3) is 10.9 Å². The zero-order valence-corrected chi connectivity index (χ0v) is 9.58. The van der Waals surface area contributed by atoms with Crippen molar-refractivity contribution in [1.29, 1.82) is 0 Å². The molecule has 2 rings (SSSR count). The van der Waals surface area contributed by atoms with Crippen molar-refractivity contribution in [2.75, 3.05) is 0 Å². The van der Waals surface area contributed by atoms with Gasteiger partial charge in [0.25, 0.3) is 0 Å². The van der Waals surface area contributed by atoms with Crippen LogP contribution in [-0.2, 0) is 4.79 Å². The molecule has 84 valence electrons. The van der Waals surface area contributed by atoms with Gasteiger partial charge >= 0.3 is 5.97 Å². The molecule has 1 unspecified atom stereocenters. The molecule has 0 spiro atoms. The van der Waals surface area contributed by atoms with E-state index in [2.05, 4.69) is 4.98 Å². The van der Waals surface area contributed by atoms with Crippen LogP contribution in [0.1, 0.15) is 24.8 Å². The number of fused-ring (bicyclic) bond motifs is 1. The monoisotopic (exact) mass is 237 g/mol. The molecular weight excluding hydrogens is 226 g/mol. The molecule has 16 heavy (non-hydrogen) atoms. The summed E-state index contributed by atoms with van der Waals surface area (Å²) in [5.74, 6) is -1.26. The Kier molecular flexibility index (Phi) is 2.88. The zero-order chi connectivity index (χ0) is 11.7. The number of benzene rings is 1. The number of rotatable bonds is 3. The van der Waals surface area contributed by atoms with Gasteiger partial charge in [0, 0.05) is 22.1 Å². The molecule has 1 aromatic heterocycles. The van der Waals surface area contributed by atoms with Gasteiger partial charge in [-0.25, -0.2) is 0 Å². The van der Waals surface area contributed by atoms with E-state index >= 15 is 0 Å². The smallest absolute Gasteiger partial charge is 0.311 e. The summed E-state index contributed by atoms with van der Waals surface area (Å²) in [4.78, 5) is 14.2. The number of aromatic amines is 1. The summed E-state index contributed by atoms with van der Waals surface area (Å²) in [6.07, 6.45) is 2.33. The van der Waals surface area contributed by atoms with Crippen molar-refractivity contribution in [3.05, 3.63) is 35.0 Å². The quantitative estimate of drug-likeness (QED) is 0.860. The first-order chi connectivity index (χ1) is 7.63. The van der Waals surface area contributed by atoms with Crippen molar-refractivity contribution < 1.29 is 9.90 Å². The molecule has 0 saturated carbocycles. The van der Waals surface area contributed by atoms with Crippen molar-refractivity contribution in [1.82, 2.24) is 4.98 Å². The highest BCUT2D eigenvalue weighted by atomic mass is 35.5. The molecule has 0 aliphatic rings. The molecule has 2 N–H and O–H groups in total. The molecule has 0 bridgehead atoms. The summed E-state index contributed by atoms with van der Waals surface area (Å²) >= 11 is 5.87. The molecule has 0 aliphatic carbocycles. The number of carboxylic acids is 1. The van der Waals surface area contributed by atoms with Gasteiger partial charge in [-0.15, -0.1) is 0 Å². The third kappa shape index (κ3) is 1.78. The van der Waals surface area contributed by atoms with Crippen LogP contribution in [0.2, 0.25) is 5.02 Å². The van der Waals surface area contributed by atoms with E-state index in [-0.39, 0.29) is 0 Å². The minimum Gasteiger partial charge on any atom is -0.481 e. The molecule has 1 aromatic carbocycles. The van der Waals surface area contributed by atoms with E-state index in [9.17, 15) is 4.79 Å². The Hall–Kier alpha value is -1.48. The minimum absolute atomic E-state index is 0.463. The second kappa shape index (κ2) is 4.18. The molecule has 2 aromatic rings. The van der Waals surface area contributed by atoms with Crippen molar-refractivity contribution >= 4 is 28.5 Å². The average molecular weight is 238 g/mol. The van der Waals surface area contributed by atoms with Crippen LogP contribution in [0.5, 0.6) is 0 Å². The van der Waals surface area contributed by atoms with E-state index in [4.69, 9.17) is 16.7 Å². The molecule has 1 heterocycles. The Morgan fingerprint density at radius 1 is 1.56 bits per heavy atom. The molecule has 1 atom stereocenters. The van der Waals surface area contributed by atoms with Gasteiger partial charge < -0.3 is 10.1 Å². The van der Waals surface area contributed by atoms with Gasteiger partial charge in [-0.2, -0.15) is 0 Å². The first-order valence-corrected chi connectivity index (χ1v) is 5.50. The summed E-state index contributed by atoms with van der Waals surface area (Å²) in [6, 6.07) is 5.43. The van der Waals surface area contributed by atoms with Crippen LogP contribution in [0.3, 0.4) is 0 Å². The van der Waals surface area contributed by atoms with Gasteiger partial charge in [0.1, 0.15) is 0 Å². The number of nitrogens with one attached hydrogen (secondary N) is 1. The Balaban J connectivity index is 2.57. The van der Waals surface area contributed by atoms with Crippen LogP contribution in [0.15, 0.2) is 24.4 Å². The highest BCUT2D eigenvalue weighted by Crippen LogP contribution is 2.29. The van der Waals surface area contributed by atoms with Gasteiger partial charge in [-0.05, 0) is 24.1 Å². The van der Waals surface area contributed by atoms with Crippen LogP contribution < -0.4 is 0 Å². The van der Waals surface area contributed by atoms with Gasteiger partial charge in [0.2, 0.25) is 0 Å². The number of aliphatic carboxylic acids is 1. The van der Waals surface area contributed by atoms with E-state index in [0.29, 0.717) is 11.4 Å². The van der Waals surface area contributed by atoms with Gasteiger partial charge in [0.05, 0.1) is 5.92 Å². The van der Waals surface area contributed by atoms with Crippen LogP contribution in [0.4, 0.5) is 0 Å². The van der Waals surface area contributed by atoms with Crippen molar-refractivity contribution in [3.8, 4) is 0 Å². The van der Waals surface area contributed by atoms with E-state index < -0.39 is 11.9 Å². The predicted molar refractivity (Wildman–Crippen MR) is 64.0 cm³/mol. The lowest BCUT2D eigenvalue weighted by atomic mass is 9.96. The third-order valence-corrected chi connectivity index (χ3v) is 2.99. The normalized spacial score (nSPS) is 12.9. The molecular formula is C12H12ClNO2. The Labute approximate surface area is 98.0 Å². The van der Waals surface area contributed by atoms with Gasteiger partial charge in [0.15, 0.2) is 0 Å². The van der Waals surface area contributed by atoms with E-state index in [1.54, 1.807) is 18.3 Å². The maximum absolute atomic E-state index is 11.1. The molecule has 0 saturated heterocycles. The molecule has 0 fully saturated rings. The lowest BCUT2D eigenvalue weighted by Gasteiger charge is -2.07. The standard InChI is InChI=1S/C12H12ClNO2/c1-2-8(12(15)16)10-6-14-11-5-7(13)3-4-9(10)11/h3-6,8,14H,2H2,1H3,(H,15,16). The van der Waals surface area contributed by atoms with Gasteiger partial charge in [-0.3, -0.25) is 4.79 Å². The number of hydrogen-bond donors (Lipinski definition) is 2. The lowest BCUT2D eigenvalue weighted by Crippen LogP contribution is -2.09. The Morgan fingerprint density at radius 3 is 2.94 bits per heavy atom. The van der Waals surface area contributed by atoms with E-state index in [1.807, 2.05) is 13.0 Å². The number of H-pyrrole nitrogens is 1. The Morgan fingerprint density at radius 2 is 2.31 bits per heavy atom. The fourth-order valence-corrected chi connectivity index (χ4v) is 2.11. The summed E-state index contributed by atoms with van der Waals surface area (Å²) in [5.41, 5.74) is 1.70. The fraction of sp³-hybridized carbons (Fsp3) is 0.250. The van der Waals surface area contributed by atoms with Crippen LogP contribution in [-0.4, -0.2) is 16.1 Å². The van der Waals surface area contributed by atoms with Crippen LogP contribution in [0, 0.1) is 0 Å². The van der Waals surface area contributed by atoms with E-state index in [0.717, 1.165) is 16.5 Å². The molecule has 3 nitrogen and oxygen atoms in total. The molecule has 0 amide bonds. The van der Waals surface area contributed by atoms with Gasteiger partial charge in [-0.1, -0.05) is 24.6 Å². The summed E-state index contributed by atoms with van der Waals surface area (Å²) in [7, 11) is 0. The second-order valence-corrected chi connectivity index (χ2v) is 4.17.